The molecule has 14 nitrogen and oxygen atoms in total. The SMILES string of the molecule is C=CCOC(=O)Nc1cc(OCCCCCOc2cc(N)c(C(=O)N3C=C(C)C[C@H]3CO[Si](C)(C)C(C)(C)C)cc2OC)c(OC)cc1C(=O)N1C=C(C)C[C@H]1CO[Si](C)(C)C(C)(C)C. The van der Waals surface area contributed by atoms with Gasteiger partial charge in [0.05, 0.1) is 69.5 Å². The molecule has 0 aromatic heterocycles. The number of ether oxygens (including phenoxy) is 5. The van der Waals surface area contributed by atoms with Crippen molar-refractivity contribution in [2.45, 2.75) is 136 Å². The summed E-state index contributed by atoms with van der Waals surface area (Å²) >= 11 is 0. The van der Waals surface area contributed by atoms with Gasteiger partial charge >= 0.3 is 6.09 Å². The lowest BCUT2D eigenvalue weighted by Gasteiger charge is -2.38. The number of hydrogen-bond donors (Lipinski definition) is 2. The van der Waals surface area contributed by atoms with E-state index in [1.165, 1.54) is 20.3 Å². The van der Waals surface area contributed by atoms with E-state index in [0.29, 0.717) is 79.9 Å². The van der Waals surface area contributed by atoms with E-state index in [4.69, 9.17) is 38.3 Å². The van der Waals surface area contributed by atoms with Crippen molar-refractivity contribution in [2.24, 2.45) is 0 Å². The van der Waals surface area contributed by atoms with Crippen LogP contribution in [-0.4, -0.2) is 104 Å². The molecule has 2 aliphatic rings. The highest BCUT2D eigenvalue weighted by Crippen LogP contribution is 2.41. The monoisotopic (exact) mass is 937 g/mol. The van der Waals surface area contributed by atoms with Gasteiger partial charge in [-0.05, 0) is 94.3 Å². The number of nitrogens with zero attached hydrogens (tertiary/aromatic N) is 2. The smallest absolute Gasteiger partial charge is 0.411 e. The van der Waals surface area contributed by atoms with E-state index in [0.717, 1.165) is 24.0 Å². The highest BCUT2D eigenvalue weighted by Gasteiger charge is 2.41. The number of unbranched alkanes of at least 4 members (excludes halogenated alkanes) is 2. The Morgan fingerprint density at radius 1 is 0.723 bits per heavy atom. The zero-order chi connectivity index (χ0) is 48.5. The Kier molecular flexibility index (Phi) is 18.0. The largest absolute Gasteiger partial charge is 0.493 e. The van der Waals surface area contributed by atoms with Gasteiger partial charge in [0.15, 0.2) is 39.6 Å². The molecule has 360 valence electrons. The van der Waals surface area contributed by atoms with Gasteiger partial charge in [0, 0.05) is 30.2 Å². The minimum atomic E-state index is -2.09. The molecule has 0 saturated carbocycles. The summed E-state index contributed by atoms with van der Waals surface area (Å²) in [6.07, 6.45) is 7.99. The third kappa shape index (κ3) is 13.6. The number of nitrogen functional groups attached to an aromatic ring is 1. The Morgan fingerprint density at radius 2 is 1.17 bits per heavy atom. The molecule has 2 aromatic carbocycles. The van der Waals surface area contributed by atoms with Gasteiger partial charge in [0.25, 0.3) is 11.8 Å². The Morgan fingerprint density at radius 3 is 1.62 bits per heavy atom. The molecule has 2 atom stereocenters. The number of nitrogens with one attached hydrogen (secondary N) is 1. The summed E-state index contributed by atoms with van der Waals surface area (Å²) in [4.78, 5) is 44.5. The Labute approximate surface area is 390 Å². The third-order valence-electron chi connectivity index (χ3n) is 12.9. The van der Waals surface area contributed by atoms with Crippen LogP contribution in [0.1, 0.15) is 108 Å². The molecule has 3 amide bonds. The third-order valence-corrected chi connectivity index (χ3v) is 22.0. The Bertz CT molecular complexity index is 2090. The van der Waals surface area contributed by atoms with Crippen LogP contribution in [0.3, 0.4) is 0 Å². The first-order valence-electron chi connectivity index (χ1n) is 22.6. The highest BCUT2D eigenvalue weighted by atomic mass is 28.4. The van der Waals surface area contributed by atoms with Crippen LogP contribution in [0.2, 0.25) is 36.3 Å². The van der Waals surface area contributed by atoms with Gasteiger partial charge in [0.1, 0.15) is 6.61 Å². The van der Waals surface area contributed by atoms with E-state index in [1.54, 1.807) is 34.1 Å². The fraction of sp³-hybridized carbons (Fsp3) is 0.571. The lowest BCUT2D eigenvalue weighted by Crippen LogP contribution is -2.45. The number of methoxy groups -OCH3 is 2. The number of carbonyl (C=O) groups is 3. The summed E-state index contributed by atoms with van der Waals surface area (Å²) in [7, 11) is -1.06. The number of carbonyl (C=O) groups excluding carboxylic acids is 3. The minimum Gasteiger partial charge on any atom is -0.493 e. The van der Waals surface area contributed by atoms with Gasteiger partial charge in [-0.2, -0.15) is 0 Å². The molecule has 0 fully saturated rings. The fourth-order valence-corrected chi connectivity index (χ4v) is 9.03. The molecular formula is C49H76N4O10Si2. The van der Waals surface area contributed by atoms with E-state index in [2.05, 4.69) is 79.6 Å². The number of rotatable bonds is 21. The fourth-order valence-electron chi connectivity index (χ4n) is 6.95. The summed E-state index contributed by atoms with van der Waals surface area (Å²) in [5.41, 5.74) is 9.73. The van der Waals surface area contributed by atoms with Gasteiger partial charge < -0.3 is 48.1 Å². The number of amides is 3. The molecule has 2 heterocycles. The number of hydrogen-bond acceptors (Lipinski definition) is 11. The summed E-state index contributed by atoms with van der Waals surface area (Å²) in [5, 5.41) is 2.80. The first kappa shape index (κ1) is 52.8. The normalized spacial score (nSPS) is 16.8. The molecule has 0 spiro atoms. The van der Waals surface area contributed by atoms with Gasteiger partial charge in [-0.25, -0.2) is 4.79 Å². The van der Waals surface area contributed by atoms with Crippen molar-refractivity contribution in [1.82, 2.24) is 9.80 Å². The summed E-state index contributed by atoms with van der Waals surface area (Å²) < 4.78 is 42.0. The van der Waals surface area contributed by atoms with Crippen molar-refractivity contribution >= 4 is 45.9 Å². The van der Waals surface area contributed by atoms with Crippen LogP contribution < -0.4 is 30.0 Å². The van der Waals surface area contributed by atoms with Crippen molar-refractivity contribution in [2.75, 3.05) is 58.3 Å². The Hall–Kier alpha value is -4.78. The van der Waals surface area contributed by atoms with Crippen LogP contribution >= 0.6 is 0 Å². The predicted octanol–water partition coefficient (Wildman–Crippen LogP) is 10.9. The van der Waals surface area contributed by atoms with E-state index in [1.807, 2.05) is 26.2 Å². The zero-order valence-corrected chi connectivity index (χ0v) is 43.5. The maximum absolute atomic E-state index is 14.3. The van der Waals surface area contributed by atoms with E-state index in [-0.39, 0.29) is 51.8 Å². The minimum absolute atomic E-state index is 0.00472. The van der Waals surface area contributed by atoms with Crippen molar-refractivity contribution < 1.29 is 46.9 Å². The average molecular weight is 937 g/mol. The van der Waals surface area contributed by atoms with Crippen molar-refractivity contribution in [1.29, 1.82) is 0 Å². The second kappa shape index (κ2) is 22.1. The maximum atomic E-state index is 14.3. The summed E-state index contributed by atoms with van der Waals surface area (Å²) in [6, 6.07) is 6.14. The lowest BCUT2D eigenvalue weighted by molar-refractivity contribution is 0.0731. The van der Waals surface area contributed by atoms with Crippen LogP contribution in [0.25, 0.3) is 0 Å². The van der Waals surface area contributed by atoms with Crippen LogP contribution in [0.15, 0.2) is 60.5 Å². The van der Waals surface area contributed by atoms with Gasteiger partial charge in [-0.15, -0.1) is 0 Å². The van der Waals surface area contributed by atoms with E-state index in [9.17, 15) is 14.4 Å². The molecule has 0 saturated heterocycles. The van der Waals surface area contributed by atoms with E-state index < -0.39 is 22.7 Å². The highest BCUT2D eigenvalue weighted by molar-refractivity contribution is 6.74. The van der Waals surface area contributed by atoms with Crippen LogP contribution in [-0.2, 0) is 13.6 Å². The van der Waals surface area contributed by atoms with Crippen molar-refractivity contribution in [3.05, 3.63) is 71.6 Å². The van der Waals surface area contributed by atoms with Crippen LogP contribution in [0.5, 0.6) is 23.0 Å². The van der Waals surface area contributed by atoms with Crippen LogP contribution in [0, 0.1) is 0 Å². The van der Waals surface area contributed by atoms with Crippen LogP contribution in [0.4, 0.5) is 16.2 Å². The van der Waals surface area contributed by atoms with Crippen molar-refractivity contribution in [3.63, 3.8) is 0 Å². The molecule has 4 rings (SSSR count). The van der Waals surface area contributed by atoms with Gasteiger partial charge in [-0.1, -0.05) is 65.3 Å². The summed E-state index contributed by atoms with van der Waals surface area (Å²) in [5.74, 6) is 1.03. The predicted molar refractivity (Wildman–Crippen MR) is 263 cm³/mol. The lowest BCUT2D eigenvalue weighted by atomic mass is 10.1. The first-order chi connectivity index (χ1) is 30.3. The second-order valence-electron chi connectivity index (χ2n) is 20.1. The average Bonchev–Trinajstić information content (AvgIpc) is 3.80. The molecule has 2 aliphatic heterocycles. The molecule has 3 N–H and O–H groups in total. The topological polar surface area (TPSA) is 160 Å². The second-order valence-corrected chi connectivity index (χ2v) is 29.8. The quantitative estimate of drug-likeness (QED) is 0.0531. The molecule has 16 heteroatoms. The zero-order valence-electron chi connectivity index (χ0n) is 41.5. The molecule has 0 bridgehead atoms. The van der Waals surface area contributed by atoms with Gasteiger partial charge in [-0.3, -0.25) is 14.9 Å². The van der Waals surface area contributed by atoms with E-state index >= 15 is 0 Å². The molecule has 2 aromatic rings. The molecule has 0 aliphatic carbocycles. The molecule has 65 heavy (non-hydrogen) atoms. The standard InChI is InChI=1S/C49H76N4O10Si2/c1-16-20-61-47(56)51-40-28-44(42(58-11)26-38(40)46(55)53-30-34(3)24-36(53)32-63-65(14,15)49(7,8)9)60-22-19-17-18-21-59-43-27-39(50)37(25-41(43)57-10)45(54)52-29-33(2)23-35(52)31-62-64(12,13)48(4,5)6/h16,25-30,35-36H,1,17-24,31-32,50H2,2-15H3,(H,51,56)/t35-,36-/m0/s1. The number of anilines is 2. The molecule has 0 unspecified atom stereocenters. The van der Waals surface area contributed by atoms with Gasteiger partial charge in [0.2, 0.25) is 0 Å². The maximum Gasteiger partial charge on any atom is 0.411 e. The molecule has 0 radical (unpaired) electrons. The number of nitrogens with two attached hydrogens (primary N) is 1. The summed E-state index contributed by atoms with van der Waals surface area (Å²) in [6.45, 7) is 31.1. The van der Waals surface area contributed by atoms with Crippen molar-refractivity contribution in [3.8, 4) is 23.0 Å². The first-order valence-corrected chi connectivity index (χ1v) is 28.4. The molecular weight excluding hydrogens is 861 g/mol. The Balaban J connectivity index is 1.39. The number of benzene rings is 2.